The molecule has 0 heterocycles. The van der Waals surface area contributed by atoms with Crippen LogP contribution < -0.4 is 5.73 Å². The third-order valence-corrected chi connectivity index (χ3v) is 3.69. The molecule has 2 aromatic carbocycles. The number of hydrogen-bond acceptors (Lipinski definition) is 2. The molecule has 2 N–H and O–H groups in total. The van der Waals surface area contributed by atoms with Crippen molar-refractivity contribution >= 4 is 11.6 Å². The Bertz CT molecular complexity index is 677. The van der Waals surface area contributed by atoms with E-state index in [9.17, 15) is 4.79 Å². The van der Waals surface area contributed by atoms with Crippen LogP contribution in [0.4, 0.5) is 5.69 Å². The van der Waals surface area contributed by atoms with E-state index in [2.05, 4.69) is 19.1 Å². The number of carbonyl (C=O) groups excluding carboxylic acids is 1. The minimum atomic E-state index is 0.000654. The van der Waals surface area contributed by atoms with Crippen LogP contribution in [0.15, 0.2) is 36.4 Å². The van der Waals surface area contributed by atoms with Gasteiger partial charge in [0.05, 0.1) is 0 Å². The Kier molecular flexibility index (Phi) is 4.32. The monoisotopic (exact) mass is 282 g/mol. The van der Waals surface area contributed by atoms with Gasteiger partial charge in [0.25, 0.3) is 5.91 Å². The maximum Gasteiger partial charge on any atom is 0.254 e. The summed E-state index contributed by atoms with van der Waals surface area (Å²) in [4.78, 5) is 14.3. The van der Waals surface area contributed by atoms with Crippen molar-refractivity contribution in [2.45, 2.75) is 27.3 Å². The van der Waals surface area contributed by atoms with E-state index >= 15 is 0 Å². The Labute approximate surface area is 126 Å². The predicted octanol–water partition coefficient (Wildman–Crippen LogP) is 3.47. The second kappa shape index (κ2) is 6.00. The lowest BCUT2D eigenvalue weighted by Gasteiger charge is -2.19. The summed E-state index contributed by atoms with van der Waals surface area (Å²) < 4.78 is 0. The average molecular weight is 282 g/mol. The third-order valence-electron chi connectivity index (χ3n) is 3.69. The molecule has 0 fully saturated rings. The second-order valence-electron chi connectivity index (χ2n) is 5.67. The molecule has 0 unspecified atom stereocenters. The van der Waals surface area contributed by atoms with Crippen LogP contribution in [0.2, 0.25) is 0 Å². The van der Waals surface area contributed by atoms with Crippen LogP contribution >= 0.6 is 0 Å². The number of nitrogen functional groups attached to an aromatic ring is 1. The molecule has 0 spiro atoms. The molecule has 0 atom stereocenters. The topological polar surface area (TPSA) is 46.3 Å². The first-order valence-electron chi connectivity index (χ1n) is 7.06. The summed E-state index contributed by atoms with van der Waals surface area (Å²) in [5, 5.41) is 0. The van der Waals surface area contributed by atoms with Gasteiger partial charge in [-0.25, -0.2) is 0 Å². The molecule has 110 valence electrons. The molecule has 3 nitrogen and oxygen atoms in total. The van der Waals surface area contributed by atoms with E-state index in [-0.39, 0.29) is 5.91 Å². The van der Waals surface area contributed by atoms with E-state index in [1.165, 1.54) is 5.56 Å². The van der Waals surface area contributed by atoms with Crippen molar-refractivity contribution in [2.24, 2.45) is 0 Å². The van der Waals surface area contributed by atoms with Crippen molar-refractivity contribution in [2.75, 3.05) is 12.8 Å². The minimum Gasteiger partial charge on any atom is -0.398 e. The van der Waals surface area contributed by atoms with Gasteiger partial charge in [0.2, 0.25) is 0 Å². The van der Waals surface area contributed by atoms with E-state index in [1.807, 2.05) is 39.1 Å². The fraction of sp³-hybridized carbons (Fsp3) is 0.278. The number of carbonyl (C=O) groups is 1. The molecule has 0 aliphatic carbocycles. The summed E-state index contributed by atoms with van der Waals surface area (Å²) in [5.41, 5.74) is 11.6. The maximum atomic E-state index is 12.6. The SMILES string of the molecule is Cc1cccc(CN(C)C(=O)c2cc(N)c(C)cc2C)c1. The number of rotatable bonds is 3. The fourth-order valence-corrected chi connectivity index (χ4v) is 2.46. The van der Waals surface area contributed by atoms with E-state index in [1.54, 1.807) is 11.0 Å². The van der Waals surface area contributed by atoms with Gasteiger partial charge in [-0.15, -0.1) is 0 Å². The summed E-state index contributed by atoms with van der Waals surface area (Å²) in [6.45, 7) is 6.54. The zero-order valence-corrected chi connectivity index (χ0v) is 13.1. The number of amides is 1. The van der Waals surface area contributed by atoms with Gasteiger partial charge in [-0.2, -0.15) is 0 Å². The molecule has 0 saturated heterocycles. The Morgan fingerprint density at radius 3 is 2.48 bits per heavy atom. The highest BCUT2D eigenvalue weighted by Gasteiger charge is 2.15. The molecule has 21 heavy (non-hydrogen) atoms. The van der Waals surface area contributed by atoms with Gasteiger partial charge in [0.15, 0.2) is 0 Å². The van der Waals surface area contributed by atoms with Crippen LogP contribution in [0.25, 0.3) is 0 Å². The van der Waals surface area contributed by atoms with Gasteiger partial charge in [0, 0.05) is 24.8 Å². The number of nitrogens with two attached hydrogens (primary N) is 1. The molecule has 0 aliphatic heterocycles. The molecule has 0 bridgehead atoms. The molecule has 3 heteroatoms. The number of benzene rings is 2. The summed E-state index contributed by atoms with van der Waals surface area (Å²) in [6.07, 6.45) is 0. The third kappa shape index (κ3) is 3.43. The van der Waals surface area contributed by atoms with Crippen molar-refractivity contribution in [1.29, 1.82) is 0 Å². The van der Waals surface area contributed by atoms with E-state index in [0.717, 1.165) is 16.7 Å². The van der Waals surface area contributed by atoms with E-state index < -0.39 is 0 Å². The lowest BCUT2D eigenvalue weighted by atomic mass is 10.0. The first kappa shape index (κ1) is 15.1. The van der Waals surface area contributed by atoms with Crippen LogP contribution in [-0.2, 0) is 6.54 Å². The fourth-order valence-electron chi connectivity index (χ4n) is 2.46. The normalized spacial score (nSPS) is 10.5. The number of aryl methyl sites for hydroxylation is 3. The predicted molar refractivity (Wildman–Crippen MR) is 87.3 cm³/mol. The van der Waals surface area contributed by atoms with Gasteiger partial charge >= 0.3 is 0 Å². The van der Waals surface area contributed by atoms with Crippen molar-refractivity contribution < 1.29 is 4.79 Å². The summed E-state index contributed by atoms with van der Waals surface area (Å²) in [5.74, 6) is 0.000654. The molecule has 2 aromatic rings. The van der Waals surface area contributed by atoms with Crippen LogP contribution in [0.5, 0.6) is 0 Å². The van der Waals surface area contributed by atoms with Crippen molar-refractivity contribution in [1.82, 2.24) is 4.90 Å². The second-order valence-corrected chi connectivity index (χ2v) is 5.67. The Hall–Kier alpha value is -2.29. The van der Waals surface area contributed by atoms with Crippen molar-refractivity contribution in [3.63, 3.8) is 0 Å². The molecular formula is C18H22N2O. The van der Waals surface area contributed by atoms with E-state index in [4.69, 9.17) is 5.73 Å². The average Bonchev–Trinajstić information content (AvgIpc) is 2.42. The lowest BCUT2D eigenvalue weighted by molar-refractivity contribution is 0.0784. The highest BCUT2D eigenvalue weighted by molar-refractivity contribution is 5.96. The van der Waals surface area contributed by atoms with Crippen molar-refractivity contribution in [3.05, 3.63) is 64.2 Å². The van der Waals surface area contributed by atoms with Crippen LogP contribution in [0.3, 0.4) is 0 Å². The number of hydrogen-bond donors (Lipinski definition) is 1. The smallest absolute Gasteiger partial charge is 0.254 e. The lowest BCUT2D eigenvalue weighted by Crippen LogP contribution is -2.27. The maximum absolute atomic E-state index is 12.6. The van der Waals surface area contributed by atoms with Gasteiger partial charge < -0.3 is 10.6 Å². The highest BCUT2D eigenvalue weighted by Crippen LogP contribution is 2.20. The number of nitrogens with zero attached hydrogens (tertiary/aromatic N) is 1. The molecule has 0 radical (unpaired) electrons. The minimum absolute atomic E-state index is 0.000654. The van der Waals surface area contributed by atoms with Crippen LogP contribution in [-0.4, -0.2) is 17.9 Å². The highest BCUT2D eigenvalue weighted by atomic mass is 16.2. The standard InChI is InChI=1S/C18H22N2O/c1-12-6-5-7-15(8-12)11-20(4)18(21)16-10-17(19)14(3)9-13(16)2/h5-10H,11,19H2,1-4H3. The molecule has 1 amide bonds. The van der Waals surface area contributed by atoms with Crippen molar-refractivity contribution in [3.8, 4) is 0 Å². The van der Waals surface area contributed by atoms with Gasteiger partial charge in [-0.05, 0) is 43.5 Å². The number of anilines is 1. The molecule has 0 aliphatic rings. The van der Waals surface area contributed by atoms with Crippen LogP contribution in [0.1, 0.15) is 32.6 Å². The summed E-state index contributed by atoms with van der Waals surface area (Å²) in [7, 11) is 1.82. The zero-order valence-electron chi connectivity index (χ0n) is 13.1. The van der Waals surface area contributed by atoms with Gasteiger partial charge in [-0.1, -0.05) is 35.9 Å². The van der Waals surface area contributed by atoms with Gasteiger partial charge in [0.1, 0.15) is 0 Å². The Morgan fingerprint density at radius 2 is 1.81 bits per heavy atom. The molecular weight excluding hydrogens is 260 g/mol. The van der Waals surface area contributed by atoms with Gasteiger partial charge in [-0.3, -0.25) is 4.79 Å². The Balaban J connectivity index is 2.22. The summed E-state index contributed by atoms with van der Waals surface area (Å²) >= 11 is 0. The Morgan fingerprint density at radius 1 is 1.10 bits per heavy atom. The largest absolute Gasteiger partial charge is 0.398 e. The molecule has 0 aromatic heterocycles. The summed E-state index contributed by atoms with van der Waals surface area (Å²) in [6, 6.07) is 11.9. The quantitative estimate of drug-likeness (QED) is 0.876. The molecule has 0 saturated carbocycles. The first-order chi connectivity index (χ1) is 9.88. The van der Waals surface area contributed by atoms with E-state index in [0.29, 0.717) is 17.8 Å². The zero-order chi connectivity index (χ0) is 15.6. The van der Waals surface area contributed by atoms with Crippen LogP contribution in [0, 0.1) is 20.8 Å². The molecule has 2 rings (SSSR count). The first-order valence-corrected chi connectivity index (χ1v) is 7.06.